The van der Waals surface area contributed by atoms with Crippen molar-refractivity contribution >= 4 is 82.6 Å². The van der Waals surface area contributed by atoms with Crippen LogP contribution in [0.1, 0.15) is 10.4 Å². The summed E-state index contributed by atoms with van der Waals surface area (Å²) >= 11 is 22.1. The van der Waals surface area contributed by atoms with Crippen molar-refractivity contribution in [3.63, 3.8) is 0 Å². The molecular weight excluding hydrogens is 497 g/mol. The molecule has 0 spiro atoms. The van der Waals surface area contributed by atoms with Gasteiger partial charge in [0.1, 0.15) is 0 Å². The summed E-state index contributed by atoms with van der Waals surface area (Å²) in [6.07, 6.45) is 0. The number of amides is 1. The van der Waals surface area contributed by atoms with Crippen LogP contribution in [0.4, 0.5) is 5.69 Å². The average molecular weight is 503 g/mol. The van der Waals surface area contributed by atoms with E-state index in [1.54, 1.807) is 24.3 Å². The molecule has 0 aliphatic heterocycles. The maximum absolute atomic E-state index is 12.2. The Labute approximate surface area is 151 Å². The summed E-state index contributed by atoms with van der Waals surface area (Å²) in [7, 11) is 0. The first-order chi connectivity index (χ1) is 9.38. The van der Waals surface area contributed by atoms with Gasteiger partial charge in [0.05, 0.1) is 15.7 Å². The van der Waals surface area contributed by atoms with Gasteiger partial charge >= 0.3 is 0 Å². The summed E-state index contributed by atoms with van der Waals surface area (Å²) in [5.41, 5.74) is 0.960. The fraction of sp³-hybridized carbons (Fsp3) is 0. The first kappa shape index (κ1) is 16.3. The Hall–Kier alpha value is -0.0700. The lowest BCUT2D eigenvalue weighted by Gasteiger charge is -2.10. The topological polar surface area (TPSA) is 29.1 Å². The van der Waals surface area contributed by atoms with Crippen LogP contribution < -0.4 is 5.32 Å². The second-order valence-corrected chi connectivity index (χ2v) is 7.28. The van der Waals surface area contributed by atoms with E-state index in [9.17, 15) is 4.79 Å². The standard InChI is InChI=1S/C13H6Br3Cl2NO/c14-7-3-6(4-8(15)5-7)13(20)19-10-2-1-9(16)11(17)12(10)18/h1-5H,(H,19,20). The summed E-state index contributed by atoms with van der Waals surface area (Å²) in [5.74, 6) is -0.271. The van der Waals surface area contributed by atoms with E-state index >= 15 is 0 Å². The van der Waals surface area contributed by atoms with Crippen LogP contribution in [0.25, 0.3) is 0 Å². The SMILES string of the molecule is O=C(Nc1ccc(Br)c(Cl)c1Cl)c1cc(Br)cc(Br)c1. The van der Waals surface area contributed by atoms with E-state index in [0.29, 0.717) is 25.8 Å². The number of carbonyl (C=O) groups is 1. The van der Waals surface area contributed by atoms with Crippen molar-refractivity contribution in [3.8, 4) is 0 Å². The van der Waals surface area contributed by atoms with Gasteiger partial charge in [0, 0.05) is 19.0 Å². The van der Waals surface area contributed by atoms with Gasteiger partial charge in [-0.1, -0.05) is 55.1 Å². The molecular formula is C13H6Br3Cl2NO. The molecule has 2 aromatic rings. The second-order valence-electron chi connectivity index (χ2n) is 3.84. The molecule has 0 bridgehead atoms. The summed E-state index contributed by atoms with van der Waals surface area (Å²) in [4.78, 5) is 12.2. The zero-order chi connectivity index (χ0) is 14.9. The smallest absolute Gasteiger partial charge is 0.255 e. The first-order valence-electron chi connectivity index (χ1n) is 5.29. The number of anilines is 1. The second kappa shape index (κ2) is 6.79. The van der Waals surface area contributed by atoms with Crippen molar-refractivity contribution in [2.45, 2.75) is 0 Å². The minimum atomic E-state index is -0.271. The minimum Gasteiger partial charge on any atom is -0.321 e. The summed E-state index contributed by atoms with van der Waals surface area (Å²) in [6.45, 7) is 0. The molecule has 20 heavy (non-hydrogen) atoms. The lowest BCUT2D eigenvalue weighted by molar-refractivity contribution is 0.102. The van der Waals surface area contributed by atoms with Gasteiger partial charge < -0.3 is 5.32 Å². The number of benzene rings is 2. The lowest BCUT2D eigenvalue weighted by Crippen LogP contribution is -2.12. The Morgan fingerprint density at radius 1 is 0.950 bits per heavy atom. The van der Waals surface area contributed by atoms with Crippen LogP contribution in [0, 0.1) is 0 Å². The number of rotatable bonds is 2. The Balaban J connectivity index is 2.30. The highest BCUT2D eigenvalue weighted by molar-refractivity contribution is 9.11. The van der Waals surface area contributed by atoms with E-state index in [1.807, 2.05) is 6.07 Å². The van der Waals surface area contributed by atoms with Crippen molar-refractivity contribution in [3.05, 3.63) is 59.4 Å². The molecule has 0 heterocycles. The summed E-state index contributed by atoms with van der Waals surface area (Å²) in [5, 5.41) is 3.39. The Morgan fingerprint density at radius 3 is 2.15 bits per heavy atom. The molecule has 104 valence electrons. The predicted molar refractivity (Wildman–Crippen MR) is 94.0 cm³/mol. The van der Waals surface area contributed by atoms with Gasteiger partial charge in [-0.15, -0.1) is 0 Å². The molecule has 0 atom stereocenters. The van der Waals surface area contributed by atoms with E-state index in [-0.39, 0.29) is 5.91 Å². The third kappa shape index (κ3) is 3.77. The molecule has 2 rings (SSSR count). The van der Waals surface area contributed by atoms with Crippen LogP contribution in [-0.2, 0) is 0 Å². The van der Waals surface area contributed by atoms with E-state index in [4.69, 9.17) is 23.2 Å². The van der Waals surface area contributed by atoms with Gasteiger partial charge in [-0.2, -0.15) is 0 Å². The highest BCUT2D eigenvalue weighted by Gasteiger charge is 2.13. The molecule has 0 fully saturated rings. The van der Waals surface area contributed by atoms with Crippen molar-refractivity contribution in [2.24, 2.45) is 0 Å². The third-order valence-electron chi connectivity index (χ3n) is 2.41. The molecule has 2 nitrogen and oxygen atoms in total. The zero-order valence-corrected chi connectivity index (χ0v) is 16.0. The highest BCUT2D eigenvalue weighted by Crippen LogP contribution is 2.36. The Morgan fingerprint density at radius 2 is 1.55 bits per heavy atom. The van der Waals surface area contributed by atoms with E-state index < -0.39 is 0 Å². The predicted octanol–water partition coefficient (Wildman–Crippen LogP) is 6.53. The first-order valence-corrected chi connectivity index (χ1v) is 8.43. The molecule has 0 saturated carbocycles. The van der Waals surface area contributed by atoms with E-state index in [2.05, 4.69) is 53.1 Å². The van der Waals surface area contributed by atoms with Crippen molar-refractivity contribution in [1.82, 2.24) is 0 Å². The van der Waals surface area contributed by atoms with Gasteiger partial charge in [0.2, 0.25) is 0 Å². The molecule has 1 N–H and O–H groups in total. The van der Waals surface area contributed by atoms with Gasteiger partial charge in [0.15, 0.2) is 0 Å². The largest absolute Gasteiger partial charge is 0.321 e. The van der Waals surface area contributed by atoms with Gasteiger partial charge in [-0.3, -0.25) is 4.79 Å². The van der Waals surface area contributed by atoms with Crippen molar-refractivity contribution in [1.29, 1.82) is 0 Å². The van der Waals surface area contributed by atoms with Crippen LogP contribution in [-0.4, -0.2) is 5.91 Å². The average Bonchev–Trinajstić information content (AvgIpc) is 2.38. The lowest BCUT2D eigenvalue weighted by atomic mass is 10.2. The fourth-order valence-corrected chi connectivity index (χ4v) is 3.62. The molecule has 2 aromatic carbocycles. The maximum Gasteiger partial charge on any atom is 0.255 e. The number of hydrogen-bond acceptors (Lipinski definition) is 1. The monoisotopic (exact) mass is 499 g/mol. The van der Waals surface area contributed by atoms with Gasteiger partial charge in [-0.05, 0) is 46.3 Å². The van der Waals surface area contributed by atoms with Crippen LogP contribution in [0.3, 0.4) is 0 Å². The third-order valence-corrected chi connectivity index (χ3v) is 5.09. The number of carbonyl (C=O) groups excluding carboxylic acids is 1. The normalized spacial score (nSPS) is 10.4. The molecule has 0 aliphatic rings. The summed E-state index contributed by atoms with van der Waals surface area (Å²) < 4.78 is 2.28. The van der Waals surface area contributed by atoms with Crippen LogP contribution in [0.5, 0.6) is 0 Å². The van der Waals surface area contributed by atoms with Gasteiger partial charge in [-0.25, -0.2) is 0 Å². The molecule has 1 amide bonds. The summed E-state index contributed by atoms with van der Waals surface area (Å²) in [6, 6.07) is 8.69. The van der Waals surface area contributed by atoms with E-state index in [1.165, 1.54) is 0 Å². The molecule has 0 aromatic heterocycles. The van der Waals surface area contributed by atoms with Crippen LogP contribution >= 0.6 is 71.0 Å². The number of hydrogen-bond donors (Lipinski definition) is 1. The molecule has 0 unspecified atom stereocenters. The minimum absolute atomic E-state index is 0.271. The van der Waals surface area contributed by atoms with Crippen molar-refractivity contribution in [2.75, 3.05) is 5.32 Å². The van der Waals surface area contributed by atoms with Crippen LogP contribution in [0.15, 0.2) is 43.7 Å². The molecule has 7 heteroatoms. The van der Waals surface area contributed by atoms with E-state index in [0.717, 1.165) is 8.95 Å². The quantitative estimate of drug-likeness (QED) is 0.465. The fourth-order valence-electron chi connectivity index (χ4n) is 1.50. The zero-order valence-electron chi connectivity index (χ0n) is 9.68. The highest BCUT2D eigenvalue weighted by atomic mass is 79.9. The van der Waals surface area contributed by atoms with Crippen LogP contribution in [0.2, 0.25) is 10.0 Å². The van der Waals surface area contributed by atoms with Gasteiger partial charge in [0.25, 0.3) is 5.91 Å². The van der Waals surface area contributed by atoms with Crippen molar-refractivity contribution < 1.29 is 4.79 Å². The molecule has 0 radical (unpaired) electrons. The molecule has 0 saturated heterocycles. The molecule has 0 aliphatic carbocycles. The number of halogens is 5. The number of nitrogens with one attached hydrogen (secondary N) is 1. The maximum atomic E-state index is 12.2. The Bertz CT molecular complexity index is 671. The Kier molecular flexibility index (Phi) is 5.54.